The molecular weight excluding hydrogens is 400 g/mol. The Bertz CT molecular complexity index is 1000. The monoisotopic (exact) mass is 424 g/mol. The summed E-state index contributed by atoms with van der Waals surface area (Å²) in [6.45, 7) is 3.90. The molecule has 2 aliphatic heterocycles. The van der Waals surface area contributed by atoms with Gasteiger partial charge in [0.15, 0.2) is 0 Å². The minimum atomic E-state index is -0.276. The van der Waals surface area contributed by atoms with Crippen LogP contribution < -0.4 is 4.74 Å². The number of nitrogens with zero attached hydrogens (tertiary/aromatic N) is 2. The number of hydrogen-bond acceptors (Lipinski definition) is 4. The first-order chi connectivity index (χ1) is 14.5. The second-order valence-electron chi connectivity index (χ2n) is 7.93. The summed E-state index contributed by atoms with van der Waals surface area (Å²) in [6.07, 6.45) is 2.14. The maximum absolute atomic E-state index is 13.5. The predicted octanol–water partition coefficient (Wildman–Crippen LogP) is 4.36. The summed E-state index contributed by atoms with van der Waals surface area (Å²) in [7, 11) is 1.59. The fraction of sp³-hybridized carbons (Fsp3) is 0.333. The Balaban J connectivity index is 1.74. The summed E-state index contributed by atoms with van der Waals surface area (Å²) < 4.78 is 5.42. The van der Waals surface area contributed by atoms with E-state index in [2.05, 4.69) is 11.8 Å². The Labute approximate surface area is 181 Å². The lowest BCUT2D eigenvalue weighted by Crippen LogP contribution is -2.39. The fourth-order valence-corrected chi connectivity index (χ4v) is 4.40. The van der Waals surface area contributed by atoms with Crippen molar-refractivity contribution < 1.29 is 14.3 Å². The number of para-hydroxylation sites is 1. The lowest BCUT2D eigenvalue weighted by atomic mass is 9.98. The van der Waals surface area contributed by atoms with Gasteiger partial charge in [-0.15, -0.1) is 0 Å². The zero-order valence-corrected chi connectivity index (χ0v) is 18.0. The highest BCUT2D eigenvalue weighted by atomic mass is 35.5. The van der Waals surface area contributed by atoms with E-state index < -0.39 is 0 Å². The van der Waals surface area contributed by atoms with Crippen LogP contribution in [0, 0.1) is 5.92 Å². The van der Waals surface area contributed by atoms with Crippen molar-refractivity contribution in [2.75, 3.05) is 20.2 Å². The number of methoxy groups -OCH3 is 1. The molecule has 2 aromatic rings. The first-order valence-corrected chi connectivity index (χ1v) is 10.6. The van der Waals surface area contributed by atoms with E-state index in [0.717, 1.165) is 31.5 Å². The molecule has 1 unspecified atom stereocenters. The highest BCUT2D eigenvalue weighted by Gasteiger charge is 2.42. The Kier molecular flexibility index (Phi) is 5.82. The van der Waals surface area contributed by atoms with Crippen molar-refractivity contribution in [3.05, 3.63) is 70.4 Å². The molecule has 2 heterocycles. The topological polar surface area (TPSA) is 49.9 Å². The molecule has 0 saturated carbocycles. The highest BCUT2D eigenvalue weighted by molar-refractivity contribution is 6.36. The van der Waals surface area contributed by atoms with Crippen molar-refractivity contribution in [3.63, 3.8) is 0 Å². The van der Waals surface area contributed by atoms with Crippen LogP contribution >= 0.6 is 11.6 Å². The first-order valence-electron chi connectivity index (χ1n) is 10.2. The molecular formula is C24H25ClN2O3. The largest absolute Gasteiger partial charge is 0.496 e. The molecule has 1 fully saturated rings. The van der Waals surface area contributed by atoms with Crippen molar-refractivity contribution >= 4 is 29.0 Å². The Hall–Kier alpha value is -2.79. The zero-order chi connectivity index (χ0) is 21.3. The summed E-state index contributed by atoms with van der Waals surface area (Å²) >= 11 is 6.05. The molecule has 30 heavy (non-hydrogen) atoms. The number of likely N-dealkylation sites (tertiary alicyclic amines) is 1. The van der Waals surface area contributed by atoms with Crippen molar-refractivity contribution in [1.82, 2.24) is 9.80 Å². The molecule has 1 saturated heterocycles. The Morgan fingerprint density at radius 3 is 2.50 bits per heavy atom. The van der Waals surface area contributed by atoms with Crippen molar-refractivity contribution in [2.45, 2.75) is 26.3 Å². The van der Waals surface area contributed by atoms with Crippen LogP contribution in [0.4, 0.5) is 0 Å². The van der Waals surface area contributed by atoms with Crippen LogP contribution in [0.5, 0.6) is 5.75 Å². The third-order valence-electron chi connectivity index (χ3n) is 5.77. The number of amides is 2. The van der Waals surface area contributed by atoms with E-state index in [1.54, 1.807) is 19.2 Å². The molecule has 5 nitrogen and oxygen atoms in total. The fourth-order valence-electron chi connectivity index (χ4n) is 4.27. The predicted molar refractivity (Wildman–Crippen MR) is 117 cm³/mol. The van der Waals surface area contributed by atoms with Gasteiger partial charge in [0, 0.05) is 23.7 Å². The minimum Gasteiger partial charge on any atom is -0.496 e. The first kappa shape index (κ1) is 20.5. The van der Waals surface area contributed by atoms with E-state index in [1.165, 1.54) is 4.90 Å². The number of carbonyl (C=O) groups is 2. The van der Waals surface area contributed by atoms with Gasteiger partial charge >= 0.3 is 0 Å². The number of rotatable bonds is 5. The van der Waals surface area contributed by atoms with Gasteiger partial charge in [-0.05, 0) is 42.5 Å². The van der Waals surface area contributed by atoms with Gasteiger partial charge < -0.3 is 9.64 Å². The van der Waals surface area contributed by atoms with Gasteiger partial charge in [0.2, 0.25) is 0 Å². The van der Waals surface area contributed by atoms with Crippen LogP contribution in [0.15, 0.2) is 54.2 Å². The molecule has 0 spiro atoms. The number of ether oxygens (including phenoxy) is 1. The molecule has 0 radical (unpaired) electrons. The van der Waals surface area contributed by atoms with Gasteiger partial charge in [-0.1, -0.05) is 48.9 Å². The van der Waals surface area contributed by atoms with E-state index in [4.69, 9.17) is 16.3 Å². The van der Waals surface area contributed by atoms with E-state index >= 15 is 0 Å². The average molecular weight is 425 g/mol. The molecule has 0 N–H and O–H groups in total. The second kappa shape index (κ2) is 8.52. The van der Waals surface area contributed by atoms with Crippen molar-refractivity contribution in [2.24, 2.45) is 5.92 Å². The molecule has 2 aromatic carbocycles. The molecule has 2 amide bonds. The minimum absolute atomic E-state index is 0.172. The lowest BCUT2D eigenvalue weighted by Gasteiger charge is -2.33. The summed E-state index contributed by atoms with van der Waals surface area (Å²) in [6, 6.07) is 14.6. The van der Waals surface area contributed by atoms with Crippen LogP contribution in [0.1, 0.15) is 30.9 Å². The number of halogens is 1. The van der Waals surface area contributed by atoms with Crippen LogP contribution in [-0.4, -0.2) is 41.8 Å². The van der Waals surface area contributed by atoms with Gasteiger partial charge in [-0.3, -0.25) is 14.5 Å². The standard InChI is InChI=1S/C24H25ClN2O3/c1-16-6-5-13-26(14-16)22-21(17-9-11-19(25)12-10-17)23(28)27(24(22)29)15-18-7-3-4-8-20(18)30-2/h3-4,7-12,16H,5-6,13-15H2,1-2H3. The maximum atomic E-state index is 13.5. The highest BCUT2D eigenvalue weighted by Crippen LogP contribution is 2.35. The summed E-state index contributed by atoms with van der Waals surface area (Å²) in [4.78, 5) is 30.4. The van der Waals surface area contributed by atoms with Crippen LogP contribution in [0.25, 0.3) is 5.57 Å². The van der Waals surface area contributed by atoms with Gasteiger partial charge in [0.1, 0.15) is 11.4 Å². The Morgan fingerprint density at radius 1 is 1.07 bits per heavy atom. The van der Waals surface area contributed by atoms with Crippen molar-refractivity contribution in [3.8, 4) is 5.75 Å². The van der Waals surface area contributed by atoms with Crippen molar-refractivity contribution in [1.29, 1.82) is 0 Å². The zero-order valence-electron chi connectivity index (χ0n) is 17.2. The second-order valence-corrected chi connectivity index (χ2v) is 8.37. The number of benzene rings is 2. The molecule has 0 aliphatic carbocycles. The number of imide groups is 1. The quantitative estimate of drug-likeness (QED) is 0.669. The molecule has 156 valence electrons. The molecule has 0 bridgehead atoms. The normalized spacial score (nSPS) is 19.6. The molecule has 4 rings (SSSR count). The smallest absolute Gasteiger partial charge is 0.278 e. The van der Waals surface area contributed by atoms with Crippen LogP contribution in [-0.2, 0) is 16.1 Å². The van der Waals surface area contributed by atoms with E-state index in [1.807, 2.05) is 36.4 Å². The lowest BCUT2D eigenvalue weighted by molar-refractivity contribution is -0.138. The van der Waals surface area contributed by atoms with Crippen LogP contribution in [0.3, 0.4) is 0 Å². The van der Waals surface area contributed by atoms with E-state index in [0.29, 0.717) is 33.5 Å². The average Bonchev–Trinajstić information content (AvgIpc) is 2.99. The molecule has 6 heteroatoms. The molecule has 0 aromatic heterocycles. The number of piperidine rings is 1. The summed E-state index contributed by atoms with van der Waals surface area (Å²) in [5, 5.41) is 0.593. The third-order valence-corrected chi connectivity index (χ3v) is 6.02. The number of hydrogen-bond donors (Lipinski definition) is 0. The van der Waals surface area contributed by atoms with Gasteiger partial charge in [-0.25, -0.2) is 0 Å². The van der Waals surface area contributed by atoms with Gasteiger partial charge in [-0.2, -0.15) is 0 Å². The summed E-state index contributed by atoms with van der Waals surface area (Å²) in [5.41, 5.74) is 2.48. The number of carbonyl (C=O) groups excluding carboxylic acids is 2. The van der Waals surface area contributed by atoms with Crippen LogP contribution in [0.2, 0.25) is 5.02 Å². The van der Waals surface area contributed by atoms with Gasteiger partial charge in [0.25, 0.3) is 11.8 Å². The summed E-state index contributed by atoms with van der Waals surface area (Å²) in [5.74, 6) is 0.612. The van der Waals surface area contributed by atoms with E-state index in [-0.39, 0.29) is 18.4 Å². The maximum Gasteiger partial charge on any atom is 0.278 e. The van der Waals surface area contributed by atoms with E-state index in [9.17, 15) is 9.59 Å². The Morgan fingerprint density at radius 2 is 1.80 bits per heavy atom. The third kappa shape index (κ3) is 3.82. The van der Waals surface area contributed by atoms with Gasteiger partial charge in [0.05, 0.1) is 19.2 Å². The molecule has 1 atom stereocenters. The SMILES string of the molecule is COc1ccccc1CN1C(=O)C(c2ccc(Cl)cc2)=C(N2CCCC(C)C2)C1=O. The molecule has 2 aliphatic rings.